The van der Waals surface area contributed by atoms with Crippen LogP contribution in [0.3, 0.4) is 0 Å². The molecule has 0 aromatic carbocycles. The van der Waals surface area contributed by atoms with Gasteiger partial charge in [-0.1, -0.05) is 25.4 Å². The van der Waals surface area contributed by atoms with E-state index in [0.29, 0.717) is 12.5 Å². The van der Waals surface area contributed by atoms with E-state index in [1.54, 1.807) is 11.9 Å². The van der Waals surface area contributed by atoms with Gasteiger partial charge in [0.15, 0.2) is 0 Å². The molecule has 0 fully saturated rings. The zero-order chi connectivity index (χ0) is 13.9. The maximum atomic E-state index is 12.5. The predicted octanol–water partition coefficient (Wildman–Crippen LogP) is 3.63. The highest BCUT2D eigenvalue weighted by Crippen LogP contribution is 2.29. The van der Waals surface area contributed by atoms with Crippen LogP contribution in [0.25, 0.3) is 0 Å². The first-order valence-electron chi connectivity index (χ1n) is 5.53. The molecule has 0 aliphatic heterocycles. The molecule has 3 nitrogen and oxygen atoms in total. The lowest BCUT2D eigenvalue weighted by Gasteiger charge is -2.20. The third-order valence-corrected chi connectivity index (χ3v) is 2.56. The zero-order valence-corrected chi connectivity index (χ0v) is 11.2. The van der Waals surface area contributed by atoms with Crippen molar-refractivity contribution in [2.24, 2.45) is 5.92 Å². The van der Waals surface area contributed by atoms with E-state index in [1.165, 1.54) is 6.07 Å². The van der Waals surface area contributed by atoms with E-state index in [4.69, 9.17) is 11.6 Å². The van der Waals surface area contributed by atoms with Gasteiger partial charge in [-0.25, -0.2) is 9.97 Å². The maximum Gasteiger partial charge on any atom is 0.451 e. The van der Waals surface area contributed by atoms with Crippen LogP contribution in [0, 0.1) is 5.92 Å². The van der Waals surface area contributed by atoms with Crippen molar-refractivity contribution >= 4 is 17.4 Å². The van der Waals surface area contributed by atoms with Crippen molar-refractivity contribution in [3.63, 3.8) is 0 Å². The topological polar surface area (TPSA) is 29.0 Å². The van der Waals surface area contributed by atoms with E-state index in [0.717, 1.165) is 6.42 Å². The second-order valence-electron chi connectivity index (χ2n) is 4.47. The second-order valence-corrected chi connectivity index (χ2v) is 4.86. The molecule has 1 rings (SSSR count). The Balaban J connectivity index is 2.92. The van der Waals surface area contributed by atoms with Gasteiger partial charge >= 0.3 is 6.18 Å². The van der Waals surface area contributed by atoms with Crippen LogP contribution in [0.2, 0.25) is 5.15 Å². The molecule has 0 atom stereocenters. The van der Waals surface area contributed by atoms with Crippen LogP contribution in [0.1, 0.15) is 26.1 Å². The van der Waals surface area contributed by atoms with Gasteiger partial charge < -0.3 is 4.90 Å². The average Bonchev–Trinajstić information content (AvgIpc) is 2.23. The fraction of sp³-hybridized carbons (Fsp3) is 0.636. The monoisotopic (exact) mass is 281 g/mol. The van der Waals surface area contributed by atoms with Crippen molar-refractivity contribution < 1.29 is 13.2 Å². The minimum Gasteiger partial charge on any atom is -0.360 e. The molecule has 0 aliphatic carbocycles. The van der Waals surface area contributed by atoms with Crippen molar-refractivity contribution in [1.29, 1.82) is 0 Å². The number of hydrogen-bond donors (Lipinski definition) is 0. The van der Waals surface area contributed by atoms with E-state index in [-0.39, 0.29) is 11.0 Å². The fourth-order valence-corrected chi connectivity index (χ4v) is 1.47. The van der Waals surface area contributed by atoms with E-state index < -0.39 is 12.0 Å². The number of aromatic nitrogens is 2. The third kappa shape index (κ3) is 4.33. The van der Waals surface area contributed by atoms with Crippen LogP contribution in [-0.2, 0) is 6.18 Å². The summed E-state index contributed by atoms with van der Waals surface area (Å²) in [5, 5.41) is -0.205. The number of nitrogens with zero attached hydrogens (tertiary/aromatic N) is 3. The Morgan fingerprint density at radius 3 is 2.44 bits per heavy atom. The van der Waals surface area contributed by atoms with Crippen LogP contribution in [0.5, 0.6) is 0 Å². The molecular formula is C11H15ClF3N3. The summed E-state index contributed by atoms with van der Waals surface area (Å²) in [6.07, 6.45) is -3.72. The Labute approximate surface area is 109 Å². The van der Waals surface area contributed by atoms with Gasteiger partial charge in [-0.3, -0.25) is 0 Å². The van der Waals surface area contributed by atoms with Crippen LogP contribution in [-0.4, -0.2) is 23.6 Å². The molecule has 0 N–H and O–H groups in total. The summed E-state index contributed by atoms with van der Waals surface area (Å²) in [6, 6.07) is 1.33. The minimum atomic E-state index is -4.58. The molecule has 18 heavy (non-hydrogen) atoms. The number of alkyl halides is 3. The molecule has 0 bridgehead atoms. The standard InChI is InChI=1S/C11H15ClF3N3/c1-7(2)4-5-18(3)9-6-8(12)16-10(17-9)11(13,14)15/h6-7H,4-5H2,1-3H3. The van der Waals surface area contributed by atoms with Crippen LogP contribution >= 0.6 is 11.6 Å². The lowest BCUT2D eigenvalue weighted by Crippen LogP contribution is -2.23. The summed E-state index contributed by atoms with van der Waals surface area (Å²) in [6.45, 7) is 4.70. The van der Waals surface area contributed by atoms with Crippen molar-refractivity contribution in [3.8, 4) is 0 Å². The van der Waals surface area contributed by atoms with Gasteiger partial charge in [-0.15, -0.1) is 0 Å². The summed E-state index contributed by atoms with van der Waals surface area (Å²) < 4.78 is 37.6. The van der Waals surface area contributed by atoms with E-state index in [9.17, 15) is 13.2 Å². The molecule has 0 amide bonds. The van der Waals surface area contributed by atoms with Gasteiger partial charge in [0, 0.05) is 19.7 Å². The molecule has 0 radical (unpaired) electrons. The SMILES string of the molecule is CC(C)CCN(C)c1cc(Cl)nc(C(F)(F)F)n1. The van der Waals surface area contributed by atoms with Crippen molar-refractivity contribution in [2.45, 2.75) is 26.4 Å². The highest BCUT2D eigenvalue weighted by molar-refractivity contribution is 6.29. The first-order valence-corrected chi connectivity index (χ1v) is 5.91. The molecule has 0 spiro atoms. The molecule has 1 heterocycles. The first-order chi connectivity index (χ1) is 8.20. The number of hydrogen-bond acceptors (Lipinski definition) is 3. The highest BCUT2D eigenvalue weighted by Gasteiger charge is 2.35. The zero-order valence-electron chi connectivity index (χ0n) is 10.4. The van der Waals surface area contributed by atoms with E-state index in [2.05, 4.69) is 9.97 Å². The minimum absolute atomic E-state index is 0.183. The van der Waals surface area contributed by atoms with Gasteiger partial charge in [0.25, 0.3) is 0 Å². The Morgan fingerprint density at radius 2 is 1.94 bits per heavy atom. The highest BCUT2D eigenvalue weighted by atomic mass is 35.5. The van der Waals surface area contributed by atoms with Gasteiger partial charge in [0.05, 0.1) is 0 Å². The Kier molecular flexibility index (Phi) is 4.78. The normalized spacial score (nSPS) is 12.0. The smallest absolute Gasteiger partial charge is 0.360 e. The summed E-state index contributed by atoms with van der Waals surface area (Å²) in [7, 11) is 1.68. The molecule has 0 aliphatic rings. The largest absolute Gasteiger partial charge is 0.451 e. The van der Waals surface area contributed by atoms with E-state index in [1.807, 2.05) is 13.8 Å². The van der Waals surface area contributed by atoms with Crippen LogP contribution in [0.15, 0.2) is 6.07 Å². The summed E-state index contributed by atoms with van der Waals surface area (Å²) >= 11 is 5.59. The predicted molar refractivity (Wildman–Crippen MR) is 64.8 cm³/mol. The summed E-state index contributed by atoms with van der Waals surface area (Å²) in [5.41, 5.74) is 0. The van der Waals surface area contributed by atoms with Crippen molar-refractivity contribution in [3.05, 3.63) is 17.0 Å². The van der Waals surface area contributed by atoms with Gasteiger partial charge in [-0.2, -0.15) is 13.2 Å². The van der Waals surface area contributed by atoms with Gasteiger partial charge in [-0.05, 0) is 12.3 Å². The average molecular weight is 282 g/mol. The maximum absolute atomic E-state index is 12.5. The molecule has 7 heteroatoms. The molecule has 0 unspecified atom stereocenters. The first kappa shape index (κ1) is 15.0. The Hall–Kier alpha value is -1.04. The fourth-order valence-electron chi connectivity index (χ4n) is 1.29. The molecular weight excluding hydrogens is 267 g/mol. The van der Waals surface area contributed by atoms with Crippen LogP contribution in [0.4, 0.5) is 19.0 Å². The Morgan fingerprint density at radius 1 is 1.33 bits per heavy atom. The number of rotatable bonds is 4. The molecule has 1 aromatic heterocycles. The van der Waals surface area contributed by atoms with Gasteiger partial charge in [0.2, 0.25) is 5.82 Å². The quantitative estimate of drug-likeness (QED) is 0.789. The number of halogens is 4. The van der Waals surface area contributed by atoms with Crippen LogP contribution < -0.4 is 4.90 Å². The second kappa shape index (κ2) is 5.73. The van der Waals surface area contributed by atoms with Crippen molar-refractivity contribution in [1.82, 2.24) is 9.97 Å². The van der Waals surface area contributed by atoms with Gasteiger partial charge in [0.1, 0.15) is 11.0 Å². The molecule has 0 saturated heterocycles. The molecule has 0 saturated carbocycles. The van der Waals surface area contributed by atoms with Crippen molar-refractivity contribution in [2.75, 3.05) is 18.5 Å². The lowest BCUT2D eigenvalue weighted by molar-refractivity contribution is -0.144. The summed E-state index contributed by atoms with van der Waals surface area (Å²) in [5.74, 6) is -0.559. The molecule has 102 valence electrons. The van der Waals surface area contributed by atoms with E-state index >= 15 is 0 Å². The Bertz CT molecular complexity index is 407. The molecule has 1 aromatic rings. The summed E-state index contributed by atoms with van der Waals surface area (Å²) in [4.78, 5) is 8.32. The lowest BCUT2D eigenvalue weighted by atomic mass is 10.1. The third-order valence-electron chi connectivity index (χ3n) is 2.37. The number of anilines is 1.